The molecule has 0 aromatic heterocycles. The Morgan fingerprint density at radius 2 is 2.00 bits per heavy atom. The van der Waals surface area contributed by atoms with Crippen molar-refractivity contribution < 1.29 is 4.39 Å². The van der Waals surface area contributed by atoms with Crippen LogP contribution >= 0.6 is 0 Å². The molecule has 1 aliphatic rings. The number of hydrogen-bond donors (Lipinski definition) is 1. The van der Waals surface area contributed by atoms with E-state index in [-0.39, 0.29) is 5.82 Å². The van der Waals surface area contributed by atoms with Gasteiger partial charge in [-0.15, -0.1) is 0 Å². The SMILES string of the molecule is Cc1cc(NC(C)C2CCCC2)ccc1F. The maximum Gasteiger partial charge on any atom is 0.126 e. The summed E-state index contributed by atoms with van der Waals surface area (Å²) in [4.78, 5) is 0. The molecule has 1 atom stereocenters. The molecule has 0 spiro atoms. The van der Waals surface area contributed by atoms with E-state index in [9.17, 15) is 4.39 Å². The molecule has 0 amide bonds. The van der Waals surface area contributed by atoms with Crippen LogP contribution in [0.15, 0.2) is 18.2 Å². The van der Waals surface area contributed by atoms with Gasteiger partial charge in [0.1, 0.15) is 5.82 Å². The number of aryl methyl sites for hydroxylation is 1. The maximum absolute atomic E-state index is 13.1. The highest BCUT2D eigenvalue weighted by Crippen LogP contribution is 2.29. The smallest absolute Gasteiger partial charge is 0.126 e. The fourth-order valence-electron chi connectivity index (χ4n) is 2.57. The predicted octanol–water partition coefficient (Wildman–Crippen LogP) is 4.12. The van der Waals surface area contributed by atoms with Crippen molar-refractivity contribution in [3.63, 3.8) is 0 Å². The summed E-state index contributed by atoms with van der Waals surface area (Å²) in [5.74, 6) is 0.657. The molecule has 1 fully saturated rings. The third-order valence-electron chi connectivity index (χ3n) is 3.66. The first-order chi connectivity index (χ1) is 7.66. The second-order valence-corrected chi connectivity index (χ2v) is 4.94. The largest absolute Gasteiger partial charge is 0.382 e. The standard InChI is InChI=1S/C14H20FN/c1-10-9-13(7-8-14(10)15)16-11(2)12-5-3-4-6-12/h7-9,11-12,16H,3-6H2,1-2H3. The molecule has 0 bridgehead atoms. The van der Waals surface area contributed by atoms with Gasteiger partial charge in [0, 0.05) is 11.7 Å². The molecular weight excluding hydrogens is 201 g/mol. The van der Waals surface area contributed by atoms with E-state index in [1.165, 1.54) is 25.7 Å². The van der Waals surface area contributed by atoms with Gasteiger partial charge < -0.3 is 5.32 Å². The van der Waals surface area contributed by atoms with Crippen LogP contribution in [0.5, 0.6) is 0 Å². The molecule has 1 N–H and O–H groups in total. The third kappa shape index (κ3) is 2.55. The Balaban J connectivity index is 1.99. The average Bonchev–Trinajstić information content (AvgIpc) is 2.77. The molecule has 1 unspecified atom stereocenters. The highest BCUT2D eigenvalue weighted by atomic mass is 19.1. The van der Waals surface area contributed by atoms with Crippen LogP contribution in [-0.4, -0.2) is 6.04 Å². The van der Waals surface area contributed by atoms with Gasteiger partial charge in [-0.3, -0.25) is 0 Å². The molecule has 1 aromatic rings. The Kier molecular flexibility index (Phi) is 3.47. The summed E-state index contributed by atoms with van der Waals surface area (Å²) in [6.45, 7) is 4.04. The van der Waals surface area contributed by atoms with Crippen molar-refractivity contribution in [3.05, 3.63) is 29.6 Å². The lowest BCUT2D eigenvalue weighted by Gasteiger charge is -2.21. The topological polar surface area (TPSA) is 12.0 Å². The van der Waals surface area contributed by atoms with E-state index in [1.54, 1.807) is 13.0 Å². The second-order valence-electron chi connectivity index (χ2n) is 4.94. The molecule has 88 valence electrons. The van der Waals surface area contributed by atoms with Crippen LogP contribution in [0.25, 0.3) is 0 Å². The van der Waals surface area contributed by atoms with Crippen molar-refractivity contribution >= 4 is 5.69 Å². The molecule has 1 saturated carbocycles. The first-order valence-corrected chi connectivity index (χ1v) is 6.19. The van der Waals surface area contributed by atoms with Gasteiger partial charge in [0.15, 0.2) is 0 Å². The average molecular weight is 221 g/mol. The van der Waals surface area contributed by atoms with Gasteiger partial charge in [0.05, 0.1) is 0 Å². The molecule has 0 saturated heterocycles. The highest BCUT2D eigenvalue weighted by Gasteiger charge is 2.21. The lowest BCUT2D eigenvalue weighted by Crippen LogP contribution is -2.23. The lowest BCUT2D eigenvalue weighted by atomic mass is 9.99. The van der Waals surface area contributed by atoms with Crippen LogP contribution in [-0.2, 0) is 0 Å². The Hall–Kier alpha value is -1.05. The number of benzene rings is 1. The zero-order chi connectivity index (χ0) is 11.5. The number of rotatable bonds is 3. The number of nitrogens with one attached hydrogen (secondary N) is 1. The number of halogens is 1. The van der Waals surface area contributed by atoms with Crippen molar-refractivity contribution in [2.24, 2.45) is 5.92 Å². The summed E-state index contributed by atoms with van der Waals surface area (Å²) in [5, 5.41) is 3.49. The van der Waals surface area contributed by atoms with Gasteiger partial charge in [-0.25, -0.2) is 4.39 Å². The second kappa shape index (κ2) is 4.86. The van der Waals surface area contributed by atoms with E-state index in [4.69, 9.17) is 0 Å². The summed E-state index contributed by atoms with van der Waals surface area (Å²) < 4.78 is 13.1. The Bertz CT molecular complexity index is 356. The third-order valence-corrected chi connectivity index (χ3v) is 3.66. The minimum atomic E-state index is -0.126. The Morgan fingerprint density at radius 3 is 2.62 bits per heavy atom. The molecule has 2 heteroatoms. The summed E-state index contributed by atoms with van der Waals surface area (Å²) in [6.07, 6.45) is 5.38. The van der Waals surface area contributed by atoms with Gasteiger partial charge in [-0.1, -0.05) is 12.8 Å². The van der Waals surface area contributed by atoms with Crippen molar-refractivity contribution in [2.45, 2.75) is 45.6 Å². The zero-order valence-corrected chi connectivity index (χ0v) is 10.1. The van der Waals surface area contributed by atoms with Crippen molar-refractivity contribution in [1.82, 2.24) is 0 Å². The zero-order valence-electron chi connectivity index (χ0n) is 10.1. The fourth-order valence-corrected chi connectivity index (χ4v) is 2.57. The van der Waals surface area contributed by atoms with Crippen molar-refractivity contribution in [1.29, 1.82) is 0 Å². The van der Waals surface area contributed by atoms with Gasteiger partial charge in [0.2, 0.25) is 0 Å². The summed E-state index contributed by atoms with van der Waals surface area (Å²) in [7, 11) is 0. The summed E-state index contributed by atoms with van der Waals surface area (Å²) in [5.41, 5.74) is 1.75. The summed E-state index contributed by atoms with van der Waals surface area (Å²) >= 11 is 0. The number of anilines is 1. The Labute approximate surface area is 97.1 Å². The van der Waals surface area contributed by atoms with Gasteiger partial charge in [-0.05, 0) is 56.4 Å². The molecule has 16 heavy (non-hydrogen) atoms. The molecule has 1 aliphatic carbocycles. The van der Waals surface area contributed by atoms with Crippen LogP contribution in [0, 0.1) is 18.7 Å². The minimum absolute atomic E-state index is 0.126. The van der Waals surface area contributed by atoms with E-state index >= 15 is 0 Å². The van der Waals surface area contributed by atoms with Crippen molar-refractivity contribution in [3.8, 4) is 0 Å². The Morgan fingerprint density at radius 1 is 1.31 bits per heavy atom. The van der Waals surface area contributed by atoms with Gasteiger partial charge in [-0.2, -0.15) is 0 Å². The van der Waals surface area contributed by atoms with E-state index in [0.29, 0.717) is 11.6 Å². The molecule has 0 aliphatic heterocycles. The quantitative estimate of drug-likeness (QED) is 0.809. The summed E-state index contributed by atoms with van der Waals surface area (Å²) in [6, 6.07) is 5.75. The molecule has 1 aromatic carbocycles. The van der Waals surface area contributed by atoms with Gasteiger partial charge in [0.25, 0.3) is 0 Å². The maximum atomic E-state index is 13.1. The predicted molar refractivity (Wildman–Crippen MR) is 66.2 cm³/mol. The van der Waals surface area contributed by atoms with Crippen molar-refractivity contribution in [2.75, 3.05) is 5.32 Å². The van der Waals surface area contributed by atoms with E-state index in [0.717, 1.165) is 11.6 Å². The fraction of sp³-hybridized carbons (Fsp3) is 0.571. The van der Waals surface area contributed by atoms with Crippen LogP contribution in [0.1, 0.15) is 38.2 Å². The number of hydrogen-bond acceptors (Lipinski definition) is 1. The molecule has 1 nitrogen and oxygen atoms in total. The molecule has 0 radical (unpaired) electrons. The van der Waals surface area contributed by atoms with E-state index in [2.05, 4.69) is 12.2 Å². The normalized spacial score (nSPS) is 18.7. The first-order valence-electron chi connectivity index (χ1n) is 6.19. The molecule has 2 rings (SSSR count). The van der Waals surface area contributed by atoms with E-state index in [1.807, 2.05) is 12.1 Å². The van der Waals surface area contributed by atoms with Crippen LogP contribution in [0.3, 0.4) is 0 Å². The first kappa shape index (κ1) is 11.4. The van der Waals surface area contributed by atoms with Crippen LogP contribution in [0.4, 0.5) is 10.1 Å². The molecular formula is C14H20FN. The van der Waals surface area contributed by atoms with Crippen LogP contribution < -0.4 is 5.32 Å². The molecule has 0 heterocycles. The van der Waals surface area contributed by atoms with Crippen LogP contribution in [0.2, 0.25) is 0 Å². The monoisotopic (exact) mass is 221 g/mol. The highest BCUT2D eigenvalue weighted by molar-refractivity contribution is 5.46. The van der Waals surface area contributed by atoms with Gasteiger partial charge >= 0.3 is 0 Å². The van der Waals surface area contributed by atoms with E-state index < -0.39 is 0 Å². The lowest BCUT2D eigenvalue weighted by molar-refractivity contribution is 0.482. The minimum Gasteiger partial charge on any atom is -0.382 e.